The summed E-state index contributed by atoms with van der Waals surface area (Å²) in [7, 11) is 0. The van der Waals surface area contributed by atoms with Gasteiger partial charge in [0.05, 0.1) is 22.5 Å². The van der Waals surface area contributed by atoms with Gasteiger partial charge in [-0.1, -0.05) is 11.6 Å². The van der Waals surface area contributed by atoms with Gasteiger partial charge in [-0.15, -0.1) is 0 Å². The highest BCUT2D eigenvalue weighted by Crippen LogP contribution is 2.18. The fourth-order valence-corrected chi connectivity index (χ4v) is 1.03. The largest absolute Gasteiger partial charge is 0.254 e. The van der Waals surface area contributed by atoms with E-state index in [2.05, 4.69) is 5.10 Å². The van der Waals surface area contributed by atoms with Crippen LogP contribution in [0.25, 0.3) is 0 Å². The zero-order valence-electron chi connectivity index (χ0n) is 6.43. The number of nitriles is 1. The van der Waals surface area contributed by atoms with Crippen molar-refractivity contribution in [1.29, 1.82) is 5.26 Å². The van der Waals surface area contributed by atoms with E-state index in [1.165, 1.54) is 0 Å². The van der Waals surface area contributed by atoms with Gasteiger partial charge in [0, 0.05) is 0 Å². The monoisotopic (exact) mass is 169 g/mol. The second-order valence-corrected chi connectivity index (χ2v) is 2.68. The van der Waals surface area contributed by atoms with Crippen molar-refractivity contribution in [2.24, 2.45) is 0 Å². The molecule has 0 spiro atoms. The van der Waals surface area contributed by atoms with Crippen LogP contribution in [-0.2, 0) is 6.54 Å². The van der Waals surface area contributed by atoms with Crippen LogP contribution >= 0.6 is 11.6 Å². The zero-order valence-corrected chi connectivity index (χ0v) is 7.18. The van der Waals surface area contributed by atoms with Crippen molar-refractivity contribution < 1.29 is 0 Å². The highest BCUT2D eigenvalue weighted by molar-refractivity contribution is 6.31. The molecule has 0 aliphatic heterocycles. The molecule has 11 heavy (non-hydrogen) atoms. The molecule has 1 aromatic rings. The van der Waals surface area contributed by atoms with Gasteiger partial charge >= 0.3 is 0 Å². The van der Waals surface area contributed by atoms with E-state index >= 15 is 0 Å². The number of aryl methyl sites for hydroxylation is 1. The van der Waals surface area contributed by atoms with E-state index in [1.54, 1.807) is 4.68 Å². The van der Waals surface area contributed by atoms with E-state index in [-0.39, 0.29) is 6.54 Å². The third-order valence-electron chi connectivity index (χ3n) is 1.51. The Morgan fingerprint density at radius 3 is 2.64 bits per heavy atom. The van der Waals surface area contributed by atoms with E-state index in [4.69, 9.17) is 16.9 Å². The zero-order chi connectivity index (χ0) is 8.43. The molecule has 4 heteroatoms. The molecule has 0 unspecified atom stereocenters. The number of hydrogen-bond acceptors (Lipinski definition) is 2. The summed E-state index contributed by atoms with van der Waals surface area (Å²) in [6.07, 6.45) is 0. The lowest BCUT2D eigenvalue weighted by Gasteiger charge is -1.94. The average molecular weight is 170 g/mol. The summed E-state index contributed by atoms with van der Waals surface area (Å²) in [4.78, 5) is 0. The average Bonchev–Trinajstić information content (AvgIpc) is 2.19. The van der Waals surface area contributed by atoms with Gasteiger partial charge in [0.25, 0.3) is 0 Å². The molecule has 1 rings (SSSR count). The molecule has 0 N–H and O–H groups in total. The highest BCUT2D eigenvalue weighted by Gasteiger charge is 2.07. The van der Waals surface area contributed by atoms with E-state index in [1.807, 2.05) is 19.9 Å². The molecular weight excluding hydrogens is 162 g/mol. The van der Waals surface area contributed by atoms with Crippen molar-refractivity contribution in [2.45, 2.75) is 20.4 Å². The molecule has 1 heterocycles. The normalized spacial score (nSPS) is 9.64. The Morgan fingerprint density at radius 2 is 2.27 bits per heavy atom. The number of hydrogen-bond donors (Lipinski definition) is 0. The Labute approximate surface area is 70.2 Å². The Hall–Kier alpha value is -1.01. The summed E-state index contributed by atoms with van der Waals surface area (Å²) >= 11 is 5.84. The van der Waals surface area contributed by atoms with Crippen LogP contribution in [-0.4, -0.2) is 9.78 Å². The van der Waals surface area contributed by atoms with Gasteiger partial charge in [-0.25, -0.2) is 0 Å². The maximum atomic E-state index is 8.39. The molecule has 3 nitrogen and oxygen atoms in total. The van der Waals surface area contributed by atoms with Crippen LogP contribution in [0.5, 0.6) is 0 Å². The van der Waals surface area contributed by atoms with E-state index < -0.39 is 0 Å². The van der Waals surface area contributed by atoms with Crippen LogP contribution in [0, 0.1) is 25.2 Å². The third-order valence-corrected chi connectivity index (χ3v) is 2.06. The van der Waals surface area contributed by atoms with Crippen molar-refractivity contribution in [3.05, 3.63) is 16.4 Å². The first-order valence-electron chi connectivity index (χ1n) is 3.23. The van der Waals surface area contributed by atoms with Crippen LogP contribution in [0.4, 0.5) is 0 Å². The molecule has 0 radical (unpaired) electrons. The second kappa shape index (κ2) is 2.93. The molecule has 1 aromatic heterocycles. The second-order valence-electron chi connectivity index (χ2n) is 2.30. The lowest BCUT2D eigenvalue weighted by molar-refractivity contribution is 0.679. The molecule has 58 valence electrons. The summed E-state index contributed by atoms with van der Waals surface area (Å²) in [5, 5.41) is 13.1. The van der Waals surface area contributed by atoms with Crippen LogP contribution in [0.2, 0.25) is 5.02 Å². The fraction of sp³-hybridized carbons (Fsp3) is 0.429. The lowest BCUT2D eigenvalue weighted by atomic mass is 10.4. The lowest BCUT2D eigenvalue weighted by Crippen LogP contribution is -1.99. The molecule has 0 aliphatic rings. The van der Waals surface area contributed by atoms with Crippen LogP contribution < -0.4 is 0 Å². The quantitative estimate of drug-likeness (QED) is 0.642. The van der Waals surface area contributed by atoms with Gasteiger partial charge in [0.15, 0.2) is 0 Å². The Bertz CT molecular complexity index is 308. The van der Waals surface area contributed by atoms with Gasteiger partial charge in [-0.05, 0) is 13.8 Å². The van der Waals surface area contributed by atoms with Gasteiger partial charge in [-0.2, -0.15) is 10.4 Å². The van der Waals surface area contributed by atoms with E-state index in [9.17, 15) is 0 Å². The third kappa shape index (κ3) is 1.36. The Balaban J connectivity index is 3.10. The standard InChI is InChI=1S/C7H8ClN3/c1-5-7(8)6(2)11(10-5)4-3-9/h4H2,1-2H3. The first-order chi connectivity index (χ1) is 5.16. The van der Waals surface area contributed by atoms with Crippen molar-refractivity contribution >= 4 is 11.6 Å². The summed E-state index contributed by atoms with van der Waals surface area (Å²) in [6.45, 7) is 3.93. The minimum absolute atomic E-state index is 0.263. The highest BCUT2D eigenvalue weighted by atomic mass is 35.5. The molecule has 0 saturated carbocycles. The smallest absolute Gasteiger partial charge is 0.128 e. The van der Waals surface area contributed by atoms with Crippen LogP contribution in [0.15, 0.2) is 0 Å². The van der Waals surface area contributed by atoms with Gasteiger partial charge in [0.2, 0.25) is 0 Å². The molecule has 0 aliphatic carbocycles. The van der Waals surface area contributed by atoms with Crippen LogP contribution in [0.1, 0.15) is 11.4 Å². The summed E-state index contributed by atoms with van der Waals surface area (Å²) in [5.41, 5.74) is 1.63. The maximum absolute atomic E-state index is 8.39. The van der Waals surface area contributed by atoms with Crippen LogP contribution in [0.3, 0.4) is 0 Å². The minimum Gasteiger partial charge on any atom is -0.254 e. The van der Waals surface area contributed by atoms with Gasteiger partial charge < -0.3 is 0 Å². The van der Waals surface area contributed by atoms with E-state index in [0.29, 0.717) is 5.02 Å². The maximum Gasteiger partial charge on any atom is 0.128 e. The Morgan fingerprint density at radius 1 is 1.64 bits per heavy atom. The summed E-state index contributed by atoms with van der Waals surface area (Å²) in [5.74, 6) is 0. The predicted octanol–water partition coefficient (Wildman–Crippen LogP) is 1.68. The molecule has 0 bridgehead atoms. The van der Waals surface area contributed by atoms with Crippen molar-refractivity contribution in [3.63, 3.8) is 0 Å². The van der Waals surface area contributed by atoms with Crippen molar-refractivity contribution in [2.75, 3.05) is 0 Å². The SMILES string of the molecule is Cc1nn(CC#N)c(C)c1Cl. The van der Waals surface area contributed by atoms with Crippen molar-refractivity contribution in [3.8, 4) is 6.07 Å². The number of halogens is 1. The first kappa shape index (κ1) is 8.09. The minimum atomic E-state index is 0.263. The first-order valence-corrected chi connectivity index (χ1v) is 3.61. The Kier molecular flexibility index (Phi) is 2.16. The molecule has 0 saturated heterocycles. The predicted molar refractivity (Wildman–Crippen MR) is 42.3 cm³/mol. The fourth-order valence-electron chi connectivity index (χ4n) is 0.896. The van der Waals surface area contributed by atoms with Gasteiger partial charge in [0.1, 0.15) is 6.54 Å². The summed E-state index contributed by atoms with van der Waals surface area (Å²) in [6, 6.07) is 2.01. The molecule has 0 aromatic carbocycles. The molecule has 0 atom stereocenters. The molecule has 0 amide bonds. The van der Waals surface area contributed by atoms with Gasteiger partial charge in [-0.3, -0.25) is 4.68 Å². The number of aromatic nitrogens is 2. The number of nitrogens with zero attached hydrogens (tertiary/aromatic N) is 3. The molecular formula is C7H8ClN3. The molecule has 0 fully saturated rings. The van der Waals surface area contributed by atoms with E-state index in [0.717, 1.165) is 11.4 Å². The number of rotatable bonds is 1. The van der Waals surface area contributed by atoms with Crippen molar-refractivity contribution in [1.82, 2.24) is 9.78 Å². The topological polar surface area (TPSA) is 41.6 Å². The summed E-state index contributed by atoms with van der Waals surface area (Å²) < 4.78 is 1.59.